The Bertz CT molecular complexity index is 1040. The first kappa shape index (κ1) is 17.4. The lowest BCUT2D eigenvalue weighted by atomic mass is 9.67. The van der Waals surface area contributed by atoms with E-state index >= 15 is 0 Å². The second kappa shape index (κ2) is 6.62. The van der Waals surface area contributed by atoms with Crippen molar-refractivity contribution in [1.82, 2.24) is 0 Å². The molecule has 2 heteroatoms. The highest BCUT2D eigenvalue weighted by molar-refractivity contribution is 5.93. The second-order valence-corrected chi connectivity index (χ2v) is 7.15. The van der Waals surface area contributed by atoms with Crippen molar-refractivity contribution in [3.05, 3.63) is 83.9 Å². The van der Waals surface area contributed by atoms with E-state index in [0.29, 0.717) is 0 Å². The van der Waals surface area contributed by atoms with Crippen LogP contribution in [0.1, 0.15) is 37.8 Å². The maximum Gasteiger partial charge on any atom is 0.120 e. The lowest BCUT2D eigenvalue weighted by Gasteiger charge is -2.36. The molecule has 0 aliphatic heterocycles. The molecule has 136 valence electrons. The Morgan fingerprint density at radius 2 is 1.00 bits per heavy atom. The second-order valence-electron chi connectivity index (χ2n) is 7.15. The molecule has 0 radical (unpaired) electrons. The molecule has 0 atom stereocenters. The minimum Gasteiger partial charge on any atom is -0.508 e. The fraction of sp³-hybridized carbons (Fsp3) is 0.200. The number of rotatable bonds is 4. The molecule has 0 saturated carbocycles. The lowest BCUT2D eigenvalue weighted by molar-refractivity contribution is 0.402. The van der Waals surface area contributed by atoms with Gasteiger partial charge in [-0.15, -0.1) is 0 Å². The van der Waals surface area contributed by atoms with E-state index in [4.69, 9.17) is 0 Å². The first-order valence-corrected chi connectivity index (χ1v) is 9.54. The highest BCUT2D eigenvalue weighted by Gasteiger charge is 2.38. The Balaban J connectivity index is 2.17. The SMILES string of the molecule is CCC(CC)(c1c(O)ccc2ccccc12)c1c(O)ccc2ccccc12. The van der Waals surface area contributed by atoms with Crippen LogP contribution in [0.5, 0.6) is 11.5 Å². The summed E-state index contributed by atoms with van der Waals surface area (Å²) in [5, 5.41) is 26.2. The van der Waals surface area contributed by atoms with E-state index in [-0.39, 0.29) is 11.5 Å². The minimum atomic E-state index is -0.490. The van der Waals surface area contributed by atoms with Crippen LogP contribution >= 0.6 is 0 Å². The predicted octanol–water partition coefficient (Wildman–Crippen LogP) is 6.51. The predicted molar refractivity (Wildman–Crippen MR) is 113 cm³/mol. The fourth-order valence-corrected chi connectivity index (χ4v) is 4.61. The first-order chi connectivity index (χ1) is 13.1. The molecule has 0 spiro atoms. The van der Waals surface area contributed by atoms with E-state index in [2.05, 4.69) is 38.1 Å². The number of benzene rings is 4. The van der Waals surface area contributed by atoms with Crippen LogP contribution in [0.2, 0.25) is 0 Å². The van der Waals surface area contributed by atoms with Crippen molar-refractivity contribution in [2.45, 2.75) is 32.1 Å². The average molecular weight is 356 g/mol. The van der Waals surface area contributed by atoms with E-state index in [1.54, 1.807) is 12.1 Å². The zero-order valence-electron chi connectivity index (χ0n) is 15.7. The molecule has 0 aromatic heterocycles. The third-order valence-electron chi connectivity index (χ3n) is 5.98. The maximum atomic E-state index is 10.9. The molecule has 0 fully saturated rings. The molecule has 2 N–H and O–H groups in total. The molecule has 4 aromatic rings. The van der Waals surface area contributed by atoms with Gasteiger partial charge in [-0.05, 0) is 46.5 Å². The summed E-state index contributed by atoms with van der Waals surface area (Å²) in [7, 11) is 0. The number of hydrogen-bond acceptors (Lipinski definition) is 2. The number of phenolic OH excluding ortho intramolecular Hbond substituents is 2. The Labute approximate surface area is 159 Å². The Morgan fingerprint density at radius 3 is 1.41 bits per heavy atom. The molecule has 27 heavy (non-hydrogen) atoms. The van der Waals surface area contributed by atoms with Crippen LogP contribution < -0.4 is 0 Å². The molecule has 2 nitrogen and oxygen atoms in total. The van der Waals surface area contributed by atoms with Gasteiger partial charge < -0.3 is 10.2 Å². The quantitative estimate of drug-likeness (QED) is 0.437. The minimum absolute atomic E-state index is 0.282. The summed E-state index contributed by atoms with van der Waals surface area (Å²) in [4.78, 5) is 0. The molecule has 0 heterocycles. The molecule has 0 bridgehead atoms. The van der Waals surface area contributed by atoms with Gasteiger partial charge in [-0.2, -0.15) is 0 Å². The molecule has 0 unspecified atom stereocenters. The largest absolute Gasteiger partial charge is 0.508 e. The molecular formula is C25H24O2. The van der Waals surface area contributed by atoms with Crippen molar-refractivity contribution in [2.24, 2.45) is 0 Å². The van der Waals surface area contributed by atoms with Gasteiger partial charge in [0.25, 0.3) is 0 Å². The van der Waals surface area contributed by atoms with Gasteiger partial charge in [0.1, 0.15) is 11.5 Å². The molecular weight excluding hydrogens is 332 g/mol. The number of aromatic hydroxyl groups is 2. The third-order valence-corrected chi connectivity index (χ3v) is 5.98. The number of fused-ring (bicyclic) bond motifs is 2. The van der Waals surface area contributed by atoms with E-state index < -0.39 is 5.41 Å². The van der Waals surface area contributed by atoms with E-state index in [9.17, 15) is 10.2 Å². The zero-order valence-corrected chi connectivity index (χ0v) is 15.7. The van der Waals surface area contributed by atoms with E-state index in [1.807, 2.05) is 36.4 Å². The van der Waals surface area contributed by atoms with Crippen molar-refractivity contribution >= 4 is 21.5 Å². The fourth-order valence-electron chi connectivity index (χ4n) is 4.61. The Hall–Kier alpha value is -3.00. The van der Waals surface area contributed by atoms with Crippen LogP contribution in [0, 0.1) is 0 Å². The van der Waals surface area contributed by atoms with E-state index in [0.717, 1.165) is 45.5 Å². The van der Waals surface area contributed by atoms with Gasteiger partial charge in [0, 0.05) is 16.5 Å². The van der Waals surface area contributed by atoms with Gasteiger partial charge in [0.2, 0.25) is 0 Å². The summed E-state index contributed by atoms with van der Waals surface area (Å²) in [5.41, 5.74) is 1.31. The first-order valence-electron chi connectivity index (χ1n) is 9.54. The summed E-state index contributed by atoms with van der Waals surface area (Å²) >= 11 is 0. The van der Waals surface area contributed by atoms with Crippen molar-refractivity contribution in [3.63, 3.8) is 0 Å². The summed E-state index contributed by atoms with van der Waals surface area (Å²) in [6.07, 6.45) is 1.54. The number of phenols is 2. The highest BCUT2D eigenvalue weighted by atomic mass is 16.3. The van der Waals surface area contributed by atoms with Crippen LogP contribution in [0.3, 0.4) is 0 Å². The van der Waals surface area contributed by atoms with E-state index in [1.165, 1.54) is 0 Å². The number of hydrogen-bond donors (Lipinski definition) is 2. The topological polar surface area (TPSA) is 40.5 Å². The van der Waals surface area contributed by atoms with Crippen molar-refractivity contribution in [1.29, 1.82) is 0 Å². The molecule has 0 aliphatic carbocycles. The van der Waals surface area contributed by atoms with Crippen LogP contribution in [0.4, 0.5) is 0 Å². The maximum absolute atomic E-state index is 10.9. The van der Waals surface area contributed by atoms with Gasteiger partial charge in [-0.25, -0.2) is 0 Å². The molecule has 0 aliphatic rings. The third kappa shape index (κ3) is 2.56. The van der Waals surface area contributed by atoms with Crippen LogP contribution in [-0.4, -0.2) is 10.2 Å². The summed E-state index contributed by atoms with van der Waals surface area (Å²) in [6, 6.07) is 23.7. The molecule has 0 amide bonds. The molecule has 4 rings (SSSR count). The van der Waals surface area contributed by atoms with Crippen molar-refractivity contribution < 1.29 is 10.2 Å². The normalized spacial score (nSPS) is 11.9. The van der Waals surface area contributed by atoms with Gasteiger partial charge in [0.15, 0.2) is 0 Å². The Morgan fingerprint density at radius 1 is 0.593 bits per heavy atom. The van der Waals surface area contributed by atoms with Gasteiger partial charge in [-0.3, -0.25) is 0 Å². The standard InChI is InChI=1S/C25H24O2/c1-3-25(4-2,23-19-11-7-5-9-17(19)13-15-21(23)26)24-20-12-8-6-10-18(20)14-16-22(24)27/h5-16,26-27H,3-4H2,1-2H3. The monoisotopic (exact) mass is 356 g/mol. The summed E-state index contributed by atoms with van der Waals surface area (Å²) in [5.74, 6) is 0.564. The summed E-state index contributed by atoms with van der Waals surface area (Å²) < 4.78 is 0. The van der Waals surface area contributed by atoms with Crippen LogP contribution in [0.15, 0.2) is 72.8 Å². The molecule has 0 saturated heterocycles. The molecule has 4 aromatic carbocycles. The lowest BCUT2D eigenvalue weighted by Crippen LogP contribution is -2.27. The zero-order chi connectivity index (χ0) is 19.0. The van der Waals surface area contributed by atoms with Gasteiger partial charge in [0.05, 0.1) is 0 Å². The average Bonchev–Trinajstić information content (AvgIpc) is 2.71. The van der Waals surface area contributed by atoms with Gasteiger partial charge in [-0.1, -0.05) is 74.5 Å². The van der Waals surface area contributed by atoms with Crippen molar-refractivity contribution in [3.8, 4) is 11.5 Å². The van der Waals surface area contributed by atoms with Crippen LogP contribution in [0.25, 0.3) is 21.5 Å². The van der Waals surface area contributed by atoms with Crippen molar-refractivity contribution in [2.75, 3.05) is 0 Å². The summed E-state index contributed by atoms with van der Waals surface area (Å²) in [6.45, 7) is 4.26. The highest BCUT2D eigenvalue weighted by Crippen LogP contribution is 2.50. The van der Waals surface area contributed by atoms with Crippen LogP contribution in [-0.2, 0) is 5.41 Å². The smallest absolute Gasteiger partial charge is 0.120 e. The Kier molecular flexibility index (Phi) is 4.27. The van der Waals surface area contributed by atoms with Gasteiger partial charge >= 0.3 is 0 Å².